The fraction of sp³-hybridized carbons (Fsp3) is 0.577. The lowest BCUT2D eigenvalue weighted by Crippen LogP contribution is -2.70. The molecule has 3 rings (SSSR count). The zero-order chi connectivity index (χ0) is 32.5. The van der Waals surface area contributed by atoms with E-state index in [0.29, 0.717) is 29.0 Å². The number of benzene rings is 1. The first-order chi connectivity index (χ1) is 19.7. The van der Waals surface area contributed by atoms with E-state index in [4.69, 9.17) is 9.47 Å². The maximum absolute atomic E-state index is 14.0. The molecule has 2 aromatic rings. The number of ether oxygens (including phenoxy) is 3. The second kappa shape index (κ2) is 12.1. The highest BCUT2D eigenvalue weighted by Gasteiger charge is 2.90. The molecule has 0 saturated carbocycles. The van der Waals surface area contributed by atoms with E-state index in [9.17, 15) is 57.1 Å². The zero-order valence-corrected chi connectivity index (χ0v) is 22.1. The van der Waals surface area contributed by atoms with Crippen molar-refractivity contribution >= 4 is 0 Å². The number of aromatic nitrogens is 1. The summed E-state index contributed by atoms with van der Waals surface area (Å²) in [5, 5.41) is 0. The minimum absolute atomic E-state index is 0.291. The zero-order valence-electron chi connectivity index (χ0n) is 22.1. The van der Waals surface area contributed by atoms with Gasteiger partial charge in [-0.1, -0.05) is 38.7 Å². The summed E-state index contributed by atoms with van der Waals surface area (Å²) in [5.41, 5.74) is 0.744. The molecule has 0 aliphatic carbocycles. The molecule has 43 heavy (non-hydrogen) atoms. The molecule has 0 amide bonds. The van der Waals surface area contributed by atoms with Crippen LogP contribution in [0.5, 0.6) is 17.4 Å². The topological polar surface area (TPSA) is 40.6 Å². The van der Waals surface area contributed by atoms with Gasteiger partial charge in [0, 0.05) is 24.2 Å². The molecule has 1 aromatic heterocycles. The van der Waals surface area contributed by atoms with E-state index in [2.05, 4.69) is 16.6 Å². The average Bonchev–Trinajstić information content (AvgIpc) is 3.33. The van der Waals surface area contributed by atoms with Gasteiger partial charge in [-0.25, -0.2) is 4.98 Å². The van der Waals surface area contributed by atoms with Crippen molar-refractivity contribution in [2.45, 2.75) is 87.5 Å². The van der Waals surface area contributed by atoms with Gasteiger partial charge in [0.2, 0.25) is 12.2 Å². The molecule has 0 saturated heterocycles. The lowest BCUT2D eigenvalue weighted by molar-refractivity contribution is -0.440. The molecule has 0 radical (unpaired) electrons. The monoisotopic (exact) mass is 645 g/mol. The molecule has 2 heterocycles. The van der Waals surface area contributed by atoms with Crippen molar-refractivity contribution in [1.82, 2.24) is 4.98 Å². The summed E-state index contributed by atoms with van der Waals surface area (Å²) < 4.78 is 188. The maximum atomic E-state index is 14.0. The summed E-state index contributed by atoms with van der Waals surface area (Å²) in [4.78, 5) is 3.52. The van der Waals surface area contributed by atoms with Gasteiger partial charge in [-0.2, -0.15) is 57.1 Å². The first-order valence-corrected chi connectivity index (χ1v) is 12.7. The van der Waals surface area contributed by atoms with Gasteiger partial charge in [-0.05, 0) is 30.2 Å². The number of nitrogens with zero attached hydrogens (tertiary/aromatic N) is 1. The average molecular weight is 645 g/mol. The van der Waals surface area contributed by atoms with E-state index >= 15 is 0 Å². The Bertz CT molecular complexity index is 1230. The SMILES string of the molecule is CCCCCCCC1Oc2ccc(-c3ccc(OCC(F)(F)C(F)(F)C(F)(F)C(F)(F)C(F)(F)C(F)(F)F)nc3)cc2O1. The van der Waals surface area contributed by atoms with E-state index in [-0.39, 0.29) is 0 Å². The van der Waals surface area contributed by atoms with Gasteiger partial charge in [-0.15, -0.1) is 0 Å². The molecule has 1 aliphatic rings. The highest BCUT2D eigenvalue weighted by molar-refractivity contribution is 5.67. The minimum Gasteiger partial charge on any atom is -0.471 e. The van der Waals surface area contributed by atoms with Crippen molar-refractivity contribution in [2.75, 3.05) is 6.61 Å². The Morgan fingerprint density at radius 3 is 1.84 bits per heavy atom. The standard InChI is InChI=1S/C26H24F13NO3/c1-2-3-4-5-6-7-20-42-17-10-8-15(12-18(17)43-20)16-9-11-19(40-13-16)41-14-21(27,28)22(29,30)23(31,32)24(33,34)25(35,36)26(37,38)39/h8-13,20H,2-7,14H2,1H3. The molecule has 0 fully saturated rings. The Hall–Kier alpha value is -3.14. The van der Waals surface area contributed by atoms with Crippen LogP contribution in [0.2, 0.25) is 0 Å². The minimum atomic E-state index is -7.97. The van der Waals surface area contributed by atoms with Crippen LogP contribution in [-0.4, -0.2) is 53.7 Å². The van der Waals surface area contributed by atoms with E-state index in [1.165, 1.54) is 0 Å². The lowest BCUT2D eigenvalue weighted by atomic mass is 9.94. The molecule has 1 unspecified atom stereocenters. The van der Waals surface area contributed by atoms with Crippen LogP contribution in [0.15, 0.2) is 36.5 Å². The predicted molar refractivity (Wildman–Crippen MR) is 124 cm³/mol. The summed E-state index contributed by atoms with van der Waals surface area (Å²) in [5.74, 6) is -37.5. The van der Waals surface area contributed by atoms with Crippen molar-refractivity contribution in [3.05, 3.63) is 36.5 Å². The Morgan fingerprint density at radius 2 is 1.26 bits per heavy atom. The third-order valence-electron chi connectivity index (χ3n) is 6.47. The van der Waals surface area contributed by atoms with Gasteiger partial charge >= 0.3 is 35.8 Å². The van der Waals surface area contributed by atoms with E-state index in [1.54, 1.807) is 18.2 Å². The summed E-state index contributed by atoms with van der Waals surface area (Å²) in [6, 6.07) is 6.66. The Labute approximate surface area is 236 Å². The highest BCUT2D eigenvalue weighted by atomic mass is 19.4. The Kier molecular flexibility index (Phi) is 9.66. The predicted octanol–water partition coefficient (Wildman–Crippen LogP) is 9.32. The summed E-state index contributed by atoms with van der Waals surface area (Å²) in [6.45, 7) is -0.745. The van der Waals surface area contributed by atoms with Crippen LogP contribution in [-0.2, 0) is 0 Å². The number of hydrogen-bond donors (Lipinski definition) is 0. The third-order valence-corrected chi connectivity index (χ3v) is 6.47. The van der Waals surface area contributed by atoms with Crippen LogP contribution < -0.4 is 14.2 Å². The molecule has 4 nitrogen and oxygen atoms in total. The van der Waals surface area contributed by atoms with E-state index in [0.717, 1.165) is 50.4 Å². The van der Waals surface area contributed by atoms with Gasteiger partial charge < -0.3 is 14.2 Å². The summed E-state index contributed by atoms with van der Waals surface area (Å²) in [6.07, 6.45) is -1.20. The van der Waals surface area contributed by atoms with Crippen molar-refractivity contribution in [2.24, 2.45) is 0 Å². The van der Waals surface area contributed by atoms with Gasteiger partial charge in [-0.3, -0.25) is 0 Å². The summed E-state index contributed by atoms with van der Waals surface area (Å²) in [7, 11) is 0. The number of fused-ring (bicyclic) bond motifs is 1. The number of rotatable bonds is 14. The van der Waals surface area contributed by atoms with E-state index < -0.39 is 54.6 Å². The highest BCUT2D eigenvalue weighted by Crippen LogP contribution is 2.60. The normalized spacial score (nSPS) is 16.5. The number of alkyl halides is 13. The fourth-order valence-corrected chi connectivity index (χ4v) is 3.91. The van der Waals surface area contributed by atoms with Crippen LogP contribution in [0.25, 0.3) is 11.1 Å². The van der Waals surface area contributed by atoms with Gasteiger partial charge in [0.05, 0.1) is 0 Å². The third kappa shape index (κ3) is 6.54. The van der Waals surface area contributed by atoms with Crippen LogP contribution >= 0.6 is 0 Å². The molecule has 0 N–H and O–H groups in total. The second-order valence-corrected chi connectivity index (χ2v) is 9.70. The Morgan fingerprint density at radius 1 is 0.674 bits per heavy atom. The van der Waals surface area contributed by atoms with Crippen LogP contribution in [0.4, 0.5) is 57.1 Å². The number of halogens is 13. The first-order valence-electron chi connectivity index (χ1n) is 12.7. The van der Waals surface area contributed by atoms with E-state index in [1.807, 2.05) is 0 Å². The largest absolute Gasteiger partial charge is 0.471 e. The van der Waals surface area contributed by atoms with Gasteiger partial charge in [0.1, 0.15) is 0 Å². The molecular weight excluding hydrogens is 621 g/mol. The lowest BCUT2D eigenvalue weighted by Gasteiger charge is -2.39. The number of hydrogen-bond acceptors (Lipinski definition) is 4. The second-order valence-electron chi connectivity index (χ2n) is 9.70. The van der Waals surface area contributed by atoms with Crippen molar-refractivity contribution in [3.63, 3.8) is 0 Å². The number of unbranched alkanes of at least 4 members (excludes halogenated alkanes) is 4. The molecule has 242 valence electrons. The van der Waals surface area contributed by atoms with Crippen molar-refractivity contribution < 1.29 is 71.3 Å². The summed E-state index contributed by atoms with van der Waals surface area (Å²) >= 11 is 0. The van der Waals surface area contributed by atoms with Crippen LogP contribution in [0.1, 0.15) is 45.4 Å². The Balaban J connectivity index is 1.66. The smallest absolute Gasteiger partial charge is 0.460 e. The van der Waals surface area contributed by atoms with Gasteiger partial charge in [0.15, 0.2) is 18.1 Å². The van der Waals surface area contributed by atoms with Crippen LogP contribution in [0, 0.1) is 0 Å². The first kappa shape index (κ1) is 34.4. The maximum Gasteiger partial charge on any atom is 0.460 e. The van der Waals surface area contributed by atoms with Gasteiger partial charge in [0.25, 0.3) is 0 Å². The van der Waals surface area contributed by atoms with Crippen molar-refractivity contribution in [3.8, 4) is 28.5 Å². The molecule has 0 bridgehead atoms. The number of pyridine rings is 1. The molecule has 17 heteroatoms. The quantitative estimate of drug-likeness (QED) is 0.152. The molecule has 0 spiro atoms. The van der Waals surface area contributed by atoms with Crippen molar-refractivity contribution in [1.29, 1.82) is 0 Å². The fourth-order valence-electron chi connectivity index (χ4n) is 3.91. The van der Waals surface area contributed by atoms with Crippen LogP contribution in [0.3, 0.4) is 0 Å². The molecule has 1 aliphatic heterocycles. The molecule has 1 aromatic carbocycles. The molecule has 1 atom stereocenters. The molecular formula is C26H24F13NO3.